The fourth-order valence-corrected chi connectivity index (χ4v) is 2.95. The second kappa shape index (κ2) is 8.54. The molecule has 26 heavy (non-hydrogen) atoms. The smallest absolute Gasteiger partial charge is 0.225 e. The SMILES string of the molecule is CN(C)c1ccc(NC(=O)CCNCCc2c[nH]c3ccccc23)cc1. The Morgan fingerprint density at radius 1 is 1.04 bits per heavy atom. The van der Waals surface area contributed by atoms with Gasteiger partial charge in [0.15, 0.2) is 0 Å². The monoisotopic (exact) mass is 350 g/mol. The molecule has 5 heteroatoms. The Kier molecular flexibility index (Phi) is 5.92. The molecule has 0 unspecified atom stereocenters. The Labute approximate surface area is 154 Å². The zero-order valence-corrected chi connectivity index (χ0v) is 15.4. The molecule has 0 fully saturated rings. The minimum Gasteiger partial charge on any atom is -0.378 e. The summed E-state index contributed by atoms with van der Waals surface area (Å²) in [6.45, 7) is 1.52. The van der Waals surface area contributed by atoms with E-state index in [4.69, 9.17) is 0 Å². The maximum absolute atomic E-state index is 12.0. The average molecular weight is 350 g/mol. The van der Waals surface area contributed by atoms with Gasteiger partial charge in [-0.3, -0.25) is 4.79 Å². The lowest BCUT2D eigenvalue weighted by molar-refractivity contribution is -0.116. The Balaban J connectivity index is 1.37. The first kappa shape index (κ1) is 18.0. The van der Waals surface area contributed by atoms with Crippen molar-refractivity contribution in [1.29, 1.82) is 0 Å². The van der Waals surface area contributed by atoms with Crippen LogP contribution in [-0.4, -0.2) is 38.1 Å². The molecule has 1 heterocycles. The molecule has 0 bridgehead atoms. The maximum atomic E-state index is 12.0. The molecule has 5 nitrogen and oxygen atoms in total. The number of hydrogen-bond acceptors (Lipinski definition) is 3. The van der Waals surface area contributed by atoms with Crippen LogP contribution in [0.3, 0.4) is 0 Å². The van der Waals surface area contributed by atoms with Gasteiger partial charge in [0, 0.05) is 55.5 Å². The molecule has 1 aromatic heterocycles. The Morgan fingerprint density at radius 2 is 1.81 bits per heavy atom. The van der Waals surface area contributed by atoms with Crippen molar-refractivity contribution < 1.29 is 4.79 Å². The predicted molar refractivity (Wildman–Crippen MR) is 109 cm³/mol. The lowest BCUT2D eigenvalue weighted by Crippen LogP contribution is -2.23. The minimum absolute atomic E-state index is 0.0298. The van der Waals surface area contributed by atoms with Gasteiger partial charge in [-0.15, -0.1) is 0 Å². The summed E-state index contributed by atoms with van der Waals surface area (Å²) < 4.78 is 0. The molecule has 0 aliphatic heterocycles. The number of para-hydroxylation sites is 1. The van der Waals surface area contributed by atoms with Crippen LogP contribution < -0.4 is 15.5 Å². The van der Waals surface area contributed by atoms with E-state index in [1.807, 2.05) is 49.3 Å². The number of amides is 1. The van der Waals surface area contributed by atoms with Gasteiger partial charge in [-0.25, -0.2) is 0 Å². The lowest BCUT2D eigenvalue weighted by atomic mass is 10.1. The zero-order chi connectivity index (χ0) is 18.4. The van der Waals surface area contributed by atoms with E-state index in [1.165, 1.54) is 16.5 Å². The number of nitrogens with zero attached hydrogens (tertiary/aromatic N) is 1. The third-order valence-electron chi connectivity index (χ3n) is 4.44. The number of carbonyl (C=O) groups excluding carboxylic acids is 1. The number of H-pyrrole nitrogens is 1. The highest BCUT2D eigenvalue weighted by Gasteiger charge is 2.04. The van der Waals surface area contributed by atoms with Crippen molar-refractivity contribution in [2.75, 3.05) is 37.4 Å². The number of anilines is 2. The number of rotatable bonds is 8. The summed E-state index contributed by atoms with van der Waals surface area (Å²) in [5.74, 6) is 0.0298. The van der Waals surface area contributed by atoms with E-state index in [0.29, 0.717) is 13.0 Å². The zero-order valence-electron chi connectivity index (χ0n) is 15.4. The van der Waals surface area contributed by atoms with Crippen molar-refractivity contribution in [3.8, 4) is 0 Å². The molecule has 0 saturated heterocycles. The highest BCUT2D eigenvalue weighted by Crippen LogP contribution is 2.18. The number of fused-ring (bicyclic) bond motifs is 1. The van der Waals surface area contributed by atoms with Crippen LogP contribution in [-0.2, 0) is 11.2 Å². The number of aromatic amines is 1. The Hall–Kier alpha value is -2.79. The van der Waals surface area contributed by atoms with Crippen LogP contribution in [0.5, 0.6) is 0 Å². The van der Waals surface area contributed by atoms with Crippen LogP contribution in [0.2, 0.25) is 0 Å². The van der Waals surface area contributed by atoms with Gasteiger partial charge in [-0.1, -0.05) is 18.2 Å². The van der Waals surface area contributed by atoms with Crippen LogP contribution in [0, 0.1) is 0 Å². The van der Waals surface area contributed by atoms with Crippen molar-refractivity contribution in [3.63, 3.8) is 0 Å². The van der Waals surface area contributed by atoms with Gasteiger partial charge in [0.25, 0.3) is 0 Å². The first-order valence-electron chi connectivity index (χ1n) is 8.96. The standard InChI is InChI=1S/C21H26N4O/c1-25(2)18-9-7-17(8-10-18)24-21(26)12-14-22-13-11-16-15-23-20-6-4-3-5-19(16)20/h3-10,15,22-23H,11-14H2,1-2H3,(H,24,26). The van der Waals surface area contributed by atoms with E-state index in [2.05, 4.69) is 40.0 Å². The fourth-order valence-electron chi connectivity index (χ4n) is 2.95. The Bertz CT molecular complexity index is 852. The van der Waals surface area contributed by atoms with Crippen LogP contribution in [0.15, 0.2) is 54.7 Å². The quantitative estimate of drug-likeness (QED) is 0.546. The highest BCUT2D eigenvalue weighted by molar-refractivity contribution is 5.91. The van der Waals surface area contributed by atoms with E-state index >= 15 is 0 Å². The second-order valence-corrected chi connectivity index (χ2v) is 6.60. The van der Waals surface area contributed by atoms with Crippen LogP contribution in [0.25, 0.3) is 10.9 Å². The fraction of sp³-hybridized carbons (Fsp3) is 0.286. The van der Waals surface area contributed by atoms with Crippen molar-refractivity contribution in [2.45, 2.75) is 12.8 Å². The van der Waals surface area contributed by atoms with Gasteiger partial charge in [0.1, 0.15) is 0 Å². The van der Waals surface area contributed by atoms with Crippen LogP contribution in [0.1, 0.15) is 12.0 Å². The summed E-state index contributed by atoms with van der Waals surface area (Å²) in [6.07, 6.45) is 3.47. The normalized spacial score (nSPS) is 10.8. The van der Waals surface area contributed by atoms with Crippen LogP contribution in [0.4, 0.5) is 11.4 Å². The average Bonchev–Trinajstić information content (AvgIpc) is 3.05. The first-order chi connectivity index (χ1) is 12.6. The lowest BCUT2D eigenvalue weighted by Gasteiger charge is -2.13. The van der Waals surface area contributed by atoms with E-state index in [0.717, 1.165) is 24.3 Å². The molecule has 0 saturated carbocycles. The summed E-state index contributed by atoms with van der Waals surface area (Å²) in [6, 6.07) is 16.2. The second-order valence-electron chi connectivity index (χ2n) is 6.60. The molecule has 1 amide bonds. The van der Waals surface area contributed by atoms with Crippen molar-refractivity contribution in [1.82, 2.24) is 10.3 Å². The van der Waals surface area contributed by atoms with Gasteiger partial charge in [-0.05, 0) is 48.9 Å². The van der Waals surface area contributed by atoms with Crippen LogP contribution >= 0.6 is 0 Å². The van der Waals surface area contributed by atoms with Gasteiger partial charge in [0.2, 0.25) is 5.91 Å². The summed E-state index contributed by atoms with van der Waals surface area (Å²) in [5, 5.41) is 7.55. The van der Waals surface area contributed by atoms with Crippen molar-refractivity contribution >= 4 is 28.2 Å². The number of hydrogen-bond donors (Lipinski definition) is 3. The molecule has 3 aromatic rings. The van der Waals surface area contributed by atoms with Gasteiger partial charge in [-0.2, -0.15) is 0 Å². The molecule has 0 aliphatic rings. The third-order valence-corrected chi connectivity index (χ3v) is 4.44. The van der Waals surface area contributed by atoms with E-state index in [9.17, 15) is 4.79 Å². The third kappa shape index (κ3) is 4.64. The summed E-state index contributed by atoms with van der Waals surface area (Å²) in [4.78, 5) is 17.4. The molecular weight excluding hydrogens is 324 g/mol. The van der Waals surface area contributed by atoms with E-state index in [-0.39, 0.29) is 5.91 Å². The highest BCUT2D eigenvalue weighted by atomic mass is 16.1. The summed E-state index contributed by atoms with van der Waals surface area (Å²) in [7, 11) is 3.99. The summed E-state index contributed by atoms with van der Waals surface area (Å²) in [5.41, 5.74) is 4.42. The van der Waals surface area contributed by atoms with Crippen molar-refractivity contribution in [2.24, 2.45) is 0 Å². The molecule has 3 rings (SSSR count). The number of carbonyl (C=O) groups is 1. The molecule has 3 N–H and O–H groups in total. The topological polar surface area (TPSA) is 60.2 Å². The molecular formula is C21H26N4O. The summed E-state index contributed by atoms with van der Waals surface area (Å²) >= 11 is 0. The molecule has 0 aliphatic carbocycles. The first-order valence-corrected chi connectivity index (χ1v) is 8.96. The predicted octanol–water partition coefficient (Wildman–Crippen LogP) is 3.39. The largest absolute Gasteiger partial charge is 0.378 e. The van der Waals surface area contributed by atoms with Gasteiger partial charge < -0.3 is 20.5 Å². The molecule has 0 radical (unpaired) electrons. The maximum Gasteiger partial charge on any atom is 0.225 e. The molecule has 0 spiro atoms. The number of nitrogens with one attached hydrogen (secondary N) is 3. The Morgan fingerprint density at radius 3 is 2.58 bits per heavy atom. The van der Waals surface area contributed by atoms with Gasteiger partial charge in [0.05, 0.1) is 0 Å². The van der Waals surface area contributed by atoms with Gasteiger partial charge >= 0.3 is 0 Å². The molecule has 136 valence electrons. The van der Waals surface area contributed by atoms with E-state index < -0.39 is 0 Å². The van der Waals surface area contributed by atoms with Crippen molar-refractivity contribution in [3.05, 3.63) is 60.3 Å². The minimum atomic E-state index is 0.0298. The number of aromatic nitrogens is 1. The molecule has 2 aromatic carbocycles. The number of benzene rings is 2. The van der Waals surface area contributed by atoms with E-state index in [1.54, 1.807) is 0 Å². The molecule has 0 atom stereocenters.